The highest BCUT2D eigenvalue weighted by Gasteiger charge is 2.32. The summed E-state index contributed by atoms with van der Waals surface area (Å²) in [6.45, 7) is 7.72. The van der Waals surface area contributed by atoms with Crippen molar-refractivity contribution in [3.8, 4) is 0 Å². The predicted molar refractivity (Wildman–Crippen MR) is 75.4 cm³/mol. The van der Waals surface area contributed by atoms with Crippen molar-refractivity contribution in [2.24, 2.45) is 0 Å². The van der Waals surface area contributed by atoms with Crippen molar-refractivity contribution in [2.45, 2.75) is 31.7 Å². The van der Waals surface area contributed by atoms with Gasteiger partial charge in [-0.1, -0.05) is 12.2 Å². The second-order valence-electron chi connectivity index (χ2n) is 4.85. The number of aromatic amines is 1. The predicted octanol–water partition coefficient (Wildman–Crippen LogP) is 3.00. The van der Waals surface area contributed by atoms with Crippen LogP contribution in [0, 0.1) is 11.2 Å². The molecule has 0 aliphatic heterocycles. The first-order valence-corrected chi connectivity index (χ1v) is 6.73. The number of rotatable bonds is 4. The highest BCUT2D eigenvalue weighted by atomic mass is 32.1. The van der Waals surface area contributed by atoms with Crippen LogP contribution >= 0.6 is 12.2 Å². The molecule has 102 valence electrons. The van der Waals surface area contributed by atoms with Gasteiger partial charge in [0.05, 0.1) is 30.4 Å². The lowest BCUT2D eigenvalue weighted by atomic mass is 10.2. The van der Waals surface area contributed by atoms with Gasteiger partial charge in [-0.05, 0) is 18.8 Å². The quantitative estimate of drug-likeness (QED) is 0.670. The van der Waals surface area contributed by atoms with Crippen molar-refractivity contribution >= 4 is 34.9 Å². The molecule has 2 aromatic rings. The fourth-order valence-corrected chi connectivity index (χ4v) is 2.79. The minimum Gasteiger partial charge on any atom is -0.481 e. The van der Waals surface area contributed by atoms with Crippen molar-refractivity contribution in [1.29, 1.82) is 0 Å². The molecular weight excluding hydrogens is 276 g/mol. The lowest BCUT2D eigenvalue weighted by Gasteiger charge is -2.09. The van der Waals surface area contributed by atoms with E-state index in [2.05, 4.69) is 14.8 Å². The van der Waals surface area contributed by atoms with E-state index in [0.717, 1.165) is 18.5 Å². The molecule has 1 aliphatic carbocycles. The maximum atomic E-state index is 10.8. The number of H-pyrrole nitrogens is 1. The minimum absolute atomic E-state index is 0.00457. The summed E-state index contributed by atoms with van der Waals surface area (Å²) in [5.74, 6) is -0.528. The summed E-state index contributed by atoms with van der Waals surface area (Å²) in [6, 6.07) is 0. The topological polar surface area (TPSA) is 75.3 Å². The van der Waals surface area contributed by atoms with Gasteiger partial charge in [-0.15, -0.1) is 0 Å². The van der Waals surface area contributed by atoms with Gasteiger partial charge >= 0.3 is 5.97 Å². The zero-order chi connectivity index (χ0) is 14.3. The lowest BCUT2D eigenvalue weighted by Crippen LogP contribution is -2.07. The Hall–Kier alpha value is -2.20. The average Bonchev–Trinajstić information content (AvgIpc) is 3.19. The van der Waals surface area contributed by atoms with Gasteiger partial charge in [0.25, 0.3) is 0 Å². The number of aromatic nitrogens is 3. The Labute approximate surface area is 119 Å². The van der Waals surface area contributed by atoms with E-state index in [1.54, 1.807) is 0 Å². The first kappa shape index (κ1) is 12.8. The third kappa shape index (κ3) is 1.98. The lowest BCUT2D eigenvalue weighted by molar-refractivity contribution is -0.137. The molecule has 7 heteroatoms. The summed E-state index contributed by atoms with van der Waals surface area (Å²) in [6.07, 6.45) is 3.56. The first-order valence-electron chi connectivity index (χ1n) is 6.32. The summed E-state index contributed by atoms with van der Waals surface area (Å²) < 4.78 is 2.28. The molecule has 0 saturated heterocycles. The van der Waals surface area contributed by atoms with Crippen LogP contribution in [0.25, 0.3) is 15.9 Å². The van der Waals surface area contributed by atoms with E-state index >= 15 is 0 Å². The summed E-state index contributed by atoms with van der Waals surface area (Å²) in [4.78, 5) is 21.5. The summed E-state index contributed by atoms with van der Waals surface area (Å²) >= 11 is 5.25. The smallest absolute Gasteiger partial charge is 0.305 e. The van der Waals surface area contributed by atoms with Gasteiger partial charge in [-0.2, -0.15) is 0 Å². The number of hydrogen-bond acceptors (Lipinski definition) is 3. The van der Waals surface area contributed by atoms with Crippen LogP contribution in [0.4, 0.5) is 5.69 Å². The standard InChI is InChI=1S/C13H12N4O2S/c1-14-9-10-12(13(20)16-6-15-10)17(5-4-8(18)19)11(9)7-2-3-7/h6-7H,2-5H2,(H,18,19)(H,15,16,20). The van der Waals surface area contributed by atoms with Crippen LogP contribution in [-0.2, 0) is 11.3 Å². The van der Waals surface area contributed by atoms with Gasteiger partial charge in [0.15, 0.2) is 4.64 Å². The Morgan fingerprint density at radius 1 is 1.65 bits per heavy atom. The number of hydrogen-bond donors (Lipinski definition) is 2. The largest absolute Gasteiger partial charge is 0.481 e. The van der Waals surface area contributed by atoms with E-state index in [4.69, 9.17) is 23.9 Å². The van der Waals surface area contributed by atoms with Crippen molar-refractivity contribution < 1.29 is 9.90 Å². The Balaban J connectivity index is 2.28. The van der Waals surface area contributed by atoms with Gasteiger partial charge in [0, 0.05) is 12.2 Å². The zero-order valence-corrected chi connectivity index (χ0v) is 11.4. The monoisotopic (exact) mass is 288 g/mol. The summed E-state index contributed by atoms with van der Waals surface area (Å²) in [7, 11) is 0. The number of carbonyl (C=O) groups is 1. The van der Waals surface area contributed by atoms with E-state index < -0.39 is 5.97 Å². The van der Waals surface area contributed by atoms with Crippen LogP contribution in [0.15, 0.2) is 6.33 Å². The van der Waals surface area contributed by atoms with E-state index in [0.29, 0.717) is 33.8 Å². The molecule has 0 bridgehead atoms. The molecule has 0 aromatic carbocycles. The Bertz CT molecular complexity index is 795. The highest BCUT2D eigenvalue weighted by Crippen LogP contribution is 2.48. The van der Waals surface area contributed by atoms with Gasteiger partial charge in [0.1, 0.15) is 0 Å². The Morgan fingerprint density at radius 3 is 3.00 bits per heavy atom. The Kier molecular flexibility index (Phi) is 3.03. The fourth-order valence-electron chi connectivity index (χ4n) is 2.52. The molecule has 0 atom stereocenters. The maximum Gasteiger partial charge on any atom is 0.305 e. The second-order valence-corrected chi connectivity index (χ2v) is 5.23. The molecule has 2 aromatic heterocycles. The SMILES string of the molecule is [C-]#[N+]c1c(C2CC2)n(CCC(=O)O)c2c(=S)nc[nH]c12. The van der Waals surface area contributed by atoms with E-state index in [1.807, 2.05) is 4.57 Å². The number of aryl methyl sites for hydroxylation is 1. The number of aliphatic carboxylic acids is 1. The highest BCUT2D eigenvalue weighted by molar-refractivity contribution is 7.71. The Morgan fingerprint density at radius 2 is 2.40 bits per heavy atom. The molecule has 6 nitrogen and oxygen atoms in total. The van der Waals surface area contributed by atoms with Gasteiger partial charge in [0.2, 0.25) is 5.69 Å². The van der Waals surface area contributed by atoms with Crippen molar-refractivity contribution in [2.75, 3.05) is 0 Å². The molecule has 1 aliphatic rings. The normalized spacial score (nSPS) is 14.3. The molecule has 2 heterocycles. The van der Waals surface area contributed by atoms with E-state index in [1.165, 1.54) is 6.33 Å². The molecule has 1 saturated carbocycles. The first-order chi connectivity index (χ1) is 9.63. The van der Waals surface area contributed by atoms with E-state index in [9.17, 15) is 4.79 Å². The number of carboxylic acids is 1. The third-order valence-corrected chi connectivity index (χ3v) is 3.79. The maximum absolute atomic E-state index is 10.8. The van der Waals surface area contributed by atoms with E-state index in [-0.39, 0.29) is 6.42 Å². The minimum atomic E-state index is -0.864. The molecule has 0 unspecified atom stereocenters. The molecule has 3 rings (SSSR count). The number of nitrogens with one attached hydrogen (secondary N) is 1. The van der Waals surface area contributed by atoms with Crippen LogP contribution in [0.2, 0.25) is 0 Å². The number of fused-ring (bicyclic) bond motifs is 1. The molecule has 0 spiro atoms. The fraction of sp³-hybridized carbons (Fsp3) is 0.385. The van der Waals surface area contributed by atoms with Crippen molar-refractivity contribution in [3.05, 3.63) is 28.1 Å². The number of nitrogens with zero attached hydrogens (tertiary/aromatic N) is 3. The molecule has 2 N–H and O–H groups in total. The molecule has 0 radical (unpaired) electrons. The number of carboxylic acid groups (broad SMARTS) is 1. The van der Waals surface area contributed by atoms with Crippen LogP contribution in [0.3, 0.4) is 0 Å². The molecular formula is C13H12N4O2S. The second kappa shape index (κ2) is 4.72. The average molecular weight is 288 g/mol. The van der Waals surface area contributed by atoms with Crippen LogP contribution in [-0.4, -0.2) is 25.6 Å². The van der Waals surface area contributed by atoms with Crippen LogP contribution in [0.5, 0.6) is 0 Å². The summed E-state index contributed by atoms with van der Waals surface area (Å²) in [5.41, 5.74) is 2.82. The molecule has 1 fully saturated rings. The van der Waals surface area contributed by atoms with Crippen molar-refractivity contribution in [3.63, 3.8) is 0 Å². The van der Waals surface area contributed by atoms with Gasteiger partial charge in [-0.3, -0.25) is 4.79 Å². The van der Waals surface area contributed by atoms with Gasteiger partial charge < -0.3 is 14.7 Å². The summed E-state index contributed by atoms with van der Waals surface area (Å²) in [5, 5.41) is 8.90. The molecule has 20 heavy (non-hydrogen) atoms. The zero-order valence-electron chi connectivity index (χ0n) is 10.6. The van der Waals surface area contributed by atoms with Crippen LogP contribution < -0.4 is 0 Å². The van der Waals surface area contributed by atoms with Gasteiger partial charge in [-0.25, -0.2) is 9.83 Å². The van der Waals surface area contributed by atoms with Crippen LogP contribution in [0.1, 0.15) is 30.9 Å². The molecule has 0 amide bonds. The third-order valence-electron chi connectivity index (χ3n) is 3.50. The van der Waals surface area contributed by atoms with Crippen molar-refractivity contribution in [1.82, 2.24) is 14.5 Å².